The minimum atomic E-state index is -0.422. The van der Waals surface area contributed by atoms with Gasteiger partial charge in [0.2, 0.25) is 5.56 Å². The lowest BCUT2D eigenvalue weighted by molar-refractivity contribution is -0.125. The first-order valence-electron chi connectivity index (χ1n) is 9.47. The molecule has 152 valence electrons. The Labute approximate surface area is 172 Å². The summed E-state index contributed by atoms with van der Waals surface area (Å²) < 4.78 is 0. The Bertz CT molecular complexity index is 1220. The Morgan fingerprint density at radius 1 is 1.03 bits per heavy atom. The van der Waals surface area contributed by atoms with Gasteiger partial charge in [0.05, 0.1) is 6.54 Å². The van der Waals surface area contributed by atoms with Crippen molar-refractivity contribution in [1.82, 2.24) is 20.1 Å². The van der Waals surface area contributed by atoms with Crippen LogP contribution < -0.4 is 10.9 Å². The zero-order valence-electron chi connectivity index (χ0n) is 16.3. The van der Waals surface area contributed by atoms with Crippen LogP contribution in [0.4, 0.5) is 4.79 Å². The summed E-state index contributed by atoms with van der Waals surface area (Å²) in [5.41, 5.74) is 2.22. The number of urea groups is 1. The molecular weight excluding hydrogens is 384 g/mol. The van der Waals surface area contributed by atoms with E-state index in [0.717, 1.165) is 15.8 Å². The van der Waals surface area contributed by atoms with Crippen LogP contribution in [-0.2, 0) is 17.9 Å². The fraction of sp³-hybridized carbons (Fsp3) is 0.182. The van der Waals surface area contributed by atoms with Gasteiger partial charge in [0, 0.05) is 36.1 Å². The number of hydrogen-bond acceptors (Lipinski definition) is 4. The lowest BCUT2D eigenvalue weighted by Gasteiger charge is -2.18. The maximum Gasteiger partial charge on any atom is 0.327 e. The van der Waals surface area contributed by atoms with E-state index in [-0.39, 0.29) is 37.0 Å². The normalized spacial score (nSPS) is 13.9. The van der Waals surface area contributed by atoms with Crippen molar-refractivity contribution >= 4 is 28.7 Å². The number of pyridine rings is 1. The maximum absolute atomic E-state index is 12.9. The van der Waals surface area contributed by atoms with Gasteiger partial charge in [0.1, 0.15) is 6.54 Å². The molecule has 2 N–H and O–H groups in total. The smallest absolute Gasteiger partial charge is 0.327 e. The van der Waals surface area contributed by atoms with Gasteiger partial charge in [0.15, 0.2) is 0 Å². The highest BCUT2D eigenvalue weighted by molar-refractivity contribution is 6.02. The van der Waals surface area contributed by atoms with Crippen LogP contribution in [0.2, 0.25) is 0 Å². The lowest BCUT2D eigenvalue weighted by Crippen LogP contribution is -2.32. The topological polar surface area (TPSA) is 103 Å². The molecule has 8 nitrogen and oxygen atoms in total. The van der Waals surface area contributed by atoms with Gasteiger partial charge in [-0.15, -0.1) is 0 Å². The van der Waals surface area contributed by atoms with E-state index < -0.39 is 6.03 Å². The second kappa shape index (κ2) is 7.82. The van der Waals surface area contributed by atoms with Gasteiger partial charge in [-0.25, -0.2) is 4.79 Å². The number of rotatable bonds is 5. The van der Waals surface area contributed by atoms with E-state index in [9.17, 15) is 19.2 Å². The number of H-pyrrole nitrogens is 1. The van der Waals surface area contributed by atoms with Gasteiger partial charge < -0.3 is 15.2 Å². The summed E-state index contributed by atoms with van der Waals surface area (Å²) in [6.45, 7) is 0.184. The second-order valence-electron chi connectivity index (χ2n) is 7.10. The van der Waals surface area contributed by atoms with E-state index in [0.29, 0.717) is 16.6 Å². The van der Waals surface area contributed by atoms with E-state index >= 15 is 0 Å². The highest BCUT2D eigenvalue weighted by Crippen LogP contribution is 2.21. The van der Waals surface area contributed by atoms with Gasteiger partial charge in [-0.2, -0.15) is 0 Å². The van der Waals surface area contributed by atoms with E-state index in [1.807, 2.05) is 18.2 Å². The van der Waals surface area contributed by atoms with Gasteiger partial charge in [-0.1, -0.05) is 30.3 Å². The van der Waals surface area contributed by atoms with Gasteiger partial charge in [-0.3, -0.25) is 19.3 Å². The first kappa shape index (κ1) is 19.4. The molecule has 8 heteroatoms. The summed E-state index contributed by atoms with van der Waals surface area (Å²) in [4.78, 5) is 54.6. The van der Waals surface area contributed by atoms with Crippen LogP contribution in [0.25, 0.3) is 10.9 Å². The van der Waals surface area contributed by atoms with Crippen LogP contribution in [-0.4, -0.2) is 46.2 Å². The highest BCUT2D eigenvalue weighted by Gasteiger charge is 2.36. The van der Waals surface area contributed by atoms with Crippen LogP contribution in [0.5, 0.6) is 0 Å². The average molecular weight is 404 g/mol. The minimum Gasteiger partial charge on any atom is -0.355 e. The number of hydrogen-bond donors (Lipinski definition) is 2. The number of nitrogens with zero attached hydrogens (tertiary/aromatic N) is 2. The van der Waals surface area contributed by atoms with E-state index in [2.05, 4.69) is 10.3 Å². The molecule has 1 aromatic heterocycles. The third kappa shape index (κ3) is 3.67. The van der Waals surface area contributed by atoms with Crippen molar-refractivity contribution in [2.75, 3.05) is 13.6 Å². The molecule has 30 heavy (non-hydrogen) atoms. The Balaban J connectivity index is 1.56. The molecule has 4 amide bonds. The number of aromatic amines is 1. The van der Waals surface area contributed by atoms with Crippen molar-refractivity contribution < 1.29 is 14.4 Å². The summed E-state index contributed by atoms with van der Waals surface area (Å²) in [6.07, 6.45) is 0. The molecule has 2 heterocycles. The Morgan fingerprint density at radius 3 is 2.63 bits per heavy atom. The first-order chi connectivity index (χ1) is 14.5. The number of amides is 4. The van der Waals surface area contributed by atoms with Crippen LogP contribution in [0.3, 0.4) is 0 Å². The number of benzene rings is 2. The molecule has 0 unspecified atom stereocenters. The number of aromatic nitrogens is 1. The molecule has 0 saturated carbocycles. The first-order valence-corrected chi connectivity index (χ1v) is 9.47. The number of fused-ring (bicyclic) bond motifs is 1. The predicted molar refractivity (Wildman–Crippen MR) is 111 cm³/mol. The highest BCUT2D eigenvalue weighted by atomic mass is 16.2. The molecule has 4 rings (SSSR count). The van der Waals surface area contributed by atoms with Crippen molar-refractivity contribution in [3.8, 4) is 0 Å². The van der Waals surface area contributed by atoms with E-state index in [1.165, 1.54) is 11.0 Å². The third-order valence-electron chi connectivity index (χ3n) is 5.08. The Morgan fingerprint density at radius 2 is 1.83 bits per heavy atom. The monoisotopic (exact) mass is 404 g/mol. The number of nitrogens with one attached hydrogen (secondary N) is 2. The van der Waals surface area contributed by atoms with Gasteiger partial charge >= 0.3 is 6.03 Å². The van der Waals surface area contributed by atoms with Crippen LogP contribution in [0.15, 0.2) is 59.4 Å². The predicted octanol–water partition coefficient (Wildman–Crippen LogP) is 1.85. The molecule has 0 radical (unpaired) electrons. The number of carbonyl (C=O) groups is 3. The minimum absolute atomic E-state index is 0.0247. The Hall–Kier alpha value is -3.94. The zero-order valence-corrected chi connectivity index (χ0v) is 16.3. The van der Waals surface area contributed by atoms with Crippen LogP contribution in [0.1, 0.15) is 21.5 Å². The molecule has 3 aromatic rings. The lowest BCUT2D eigenvalue weighted by atomic mass is 10.1. The molecule has 1 fully saturated rings. The fourth-order valence-corrected chi connectivity index (χ4v) is 3.63. The van der Waals surface area contributed by atoms with E-state index in [4.69, 9.17) is 0 Å². The molecule has 1 saturated heterocycles. The molecule has 2 aromatic carbocycles. The maximum atomic E-state index is 12.9. The van der Waals surface area contributed by atoms with Gasteiger partial charge in [0.25, 0.3) is 11.8 Å². The molecular formula is C22H20N4O4. The van der Waals surface area contributed by atoms with Crippen molar-refractivity contribution in [3.05, 3.63) is 81.6 Å². The van der Waals surface area contributed by atoms with Crippen molar-refractivity contribution in [2.45, 2.75) is 13.1 Å². The largest absolute Gasteiger partial charge is 0.355 e. The fourth-order valence-electron chi connectivity index (χ4n) is 3.63. The number of para-hydroxylation sites is 1. The van der Waals surface area contributed by atoms with E-state index in [1.54, 1.807) is 37.4 Å². The molecule has 1 aliphatic heterocycles. The quantitative estimate of drug-likeness (QED) is 0.634. The summed E-state index contributed by atoms with van der Waals surface area (Å²) in [5.74, 6) is -0.546. The second-order valence-corrected chi connectivity index (χ2v) is 7.10. The van der Waals surface area contributed by atoms with Gasteiger partial charge in [-0.05, 0) is 29.3 Å². The molecule has 0 spiro atoms. The average Bonchev–Trinajstić information content (AvgIpc) is 3.00. The summed E-state index contributed by atoms with van der Waals surface area (Å²) >= 11 is 0. The standard InChI is InChI=1S/C22H20N4O4/c1-23-21(29)15-6-4-5-14(9-15)11-25-13-20(28)26(22(25)30)12-16-10-19(27)24-18-8-3-2-7-17(16)18/h2-10H,11-13H2,1H3,(H,23,29)(H,24,27). The summed E-state index contributed by atoms with van der Waals surface area (Å²) in [6, 6.07) is 15.2. The third-order valence-corrected chi connectivity index (χ3v) is 5.08. The van der Waals surface area contributed by atoms with Crippen LogP contribution in [0, 0.1) is 0 Å². The Kier molecular flexibility index (Phi) is 5.05. The summed E-state index contributed by atoms with van der Waals surface area (Å²) in [7, 11) is 1.55. The van der Waals surface area contributed by atoms with Crippen LogP contribution >= 0.6 is 0 Å². The molecule has 0 aliphatic carbocycles. The number of carbonyl (C=O) groups excluding carboxylic acids is 3. The molecule has 0 atom stereocenters. The van der Waals surface area contributed by atoms with Crippen molar-refractivity contribution in [3.63, 3.8) is 0 Å². The SMILES string of the molecule is CNC(=O)c1cccc(CN2CC(=O)N(Cc3cc(=O)[nH]c4ccccc34)C2=O)c1. The molecule has 1 aliphatic rings. The van der Waals surface area contributed by atoms with Crippen molar-refractivity contribution in [1.29, 1.82) is 0 Å². The number of imide groups is 1. The van der Waals surface area contributed by atoms with Crippen molar-refractivity contribution in [2.24, 2.45) is 0 Å². The zero-order chi connectivity index (χ0) is 21.3. The summed E-state index contributed by atoms with van der Waals surface area (Å²) in [5, 5.41) is 3.35. The molecule has 0 bridgehead atoms.